The quantitative estimate of drug-likeness (QED) is 0.661. The molecule has 0 atom stereocenters. The zero-order valence-electron chi connectivity index (χ0n) is 6.25. The molecule has 0 aromatic heterocycles. The number of carbonyl (C=O) groups is 1. The lowest BCUT2D eigenvalue weighted by Crippen LogP contribution is -2.35. The third-order valence-electron chi connectivity index (χ3n) is 0.904. The van der Waals surface area contributed by atoms with Crippen LogP contribution in [0, 0.1) is 5.92 Å². The van der Waals surface area contributed by atoms with Gasteiger partial charge in [0.1, 0.15) is 6.54 Å². The third kappa shape index (κ3) is 5.69. The molecule has 2 nitrogen and oxygen atoms in total. The van der Waals surface area contributed by atoms with Gasteiger partial charge in [-0.1, -0.05) is 13.8 Å². The summed E-state index contributed by atoms with van der Waals surface area (Å²) in [6.45, 7) is 1.63. The van der Waals surface area contributed by atoms with Crippen LogP contribution >= 0.6 is 0 Å². The summed E-state index contributed by atoms with van der Waals surface area (Å²) < 4.78 is 34.4. The van der Waals surface area contributed by atoms with Crippen molar-refractivity contribution >= 4 is 5.91 Å². The molecule has 0 aliphatic carbocycles. The van der Waals surface area contributed by atoms with Crippen molar-refractivity contribution in [1.82, 2.24) is 5.32 Å². The predicted octanol–water partition coefficient (Wildman–Crippen LogP) is 1.28. The molecular formula is C6H9F3NO. The number of amides is 1. The molecule has 0 rings (SSSR count). The van der Waals surface area contributed by atoms with Gasteiger partial charge in [0.25, 0.3) is 0 Å². The highest BCUT2D eigenvalue weighted by atomic mass is 19.4. The highest BCUT2D eigenvalue weighted by Gasteiger charge is 2.27. The lowest BCUT2D eigenvalue weighted by atomic mass is 10.2. The Morgan fingerprint density at radius 3 is 2.09 bits per heavy atom. The monoisotopic (exact) mass is 168 g/mol. The van der Waals surface area contributed by atoms with Crippen LogP contribution in [0.25, 0.3) is 0 Å². The first kappa shape index (κ1) is 10.3. The van der Waals surface area contributed by atoms with E-state index < -0.39 is 18.6 Å². The smallest absolute Gasteiger partial charge is 0.346 e. The summed E-state index contributed by atoms with van der Waals surface area (Å²) in [4.78, 5) is 10.5. The Bertz CT molecular complexity index is 141. The SMILES string of the molecule is C[C](C)C(=O)NCC(F)(F)F. The second-order valence-electron chi connectivity index (χ2n) is 2.30. The van der Waals surface area contributed by atoms with Crippen LogP contribution in [0.5, 0.6) is 0 Å². The van der Waals surface area contributed by atoms with Gasteiger partial charge >= 0.3 is 6.18 Å². The first-order valence-corrected chi connectivity index (χ1v) is 2.98. The van der Waals surface area contributed by atoms with E-state index in [1.165, 1.54) is 13.8 Å². The van der Waals surface area contributed by atoms with Crippen molar-refractivity contribution in [2.24, 2.45) is 0 Å². The molecule has 11 heavy (non-hydrogen) atoms. The van der Waals surface area contributed by atoms with Crippen molar-refractivity contribution in [2.45, 2.75) is 20.0 Å². The second-order valence-corrected chi connectivity index (χ2v) is 2.30. The first-order chi connectivity index (χ1) is 4.83. The van der Waals surface area contributed by atoms with Gasteiger partial charge in [-0.25, -0.2) is 0 Å². The minimum atomic E-state index is -4.33. The van der Waals surface area contributed by atoms with E-state index in [1.807, 2.05) is 0 Å². The van der Waals surface area contributed by atoms with Crippen LogP contribution in [0.15, 0.2) is 0 Å². The molecule has 1 radical (unpaired) electrons. The third-order valence-corrected chi connectivity index (χ3v) is 0.904. The molecule has 1 amide bonds. The van der Waals surface area contributed by atoms with Crippen LogP contribution in [0.3, 0.4) is 0 Å². The number of nitrogens with one attached hydrogen (secondary N) is 1. The molecule has 0 unspecified atom stereocenters. The van der Waals surface area contributed by atoms with Crippen LogP contribution in [-0.4, -0.2) is 18.6 Å². The summed E-state index contributed by atoms with van der Waals surface area (Å²) in [5.41, 5.74) is 0. The maximum atomic E-state index is 11.5. The Labute approximate surface area is 62.8 Å². The molecule has 0 aliphatic rings. The lowest BCUT2D eigenvalue weighted by molar-refractivity contribution is -0.137. The number of hydrogen-bond acceptors (Lipinski definition) is 1. The molecule has 0 fully saturated rings. The van der Waals surface area contributed by atoms with E-state index >= 15 is 0 Å². The maximum Gasteiger partial charge on any atom is 0.405 e. The van der Waals surface area contributed by atoms with E-state index in [0.717, 1.165) is 0 Å². The van der Waals surface area contributed by atoms with Crippen LogP contribution in [0.1, 0.15) is 13.8 Å². The van der Waals surface area contributed by atoms with Gasteiger partial charge in [-0.3, -0.25) is 4.79 Å². The minimum absolute atomic E-state index is 0.314. The van der Waals surface area contributed by atoms with Gasteiger partial charge < -0.3 is 5.32 Å². The molecule has 5 heteroatoms. The molecule has 0 saturated carbocycles. The largest absolute Gasteiger partial charge is 0.405 e. The Kier molecular flexibility index (Phi) is 3.35. The number of hydrogen-bond donors (Lipinski definition) is 1. The molecule has 1 N–H and O–H groups in total. The highest BCUT2D eigenvalue weighted by Crippen LogP contribution is 2.12. The molecule has 0 spiro atoms. The van der Waals surface area contributed by atoms with Crippen molar-refractivity contribution in [3.05, 3.63) is 5.92 Å². The Hall–Kier alpha value is -0.740. The van der Waals surface area contributed by atoms with Crippen LogP contribution < -0.4 is 5.32 Å². The van der Waals surface area contributed by atoms with Crippen molar-refractivity contribution in [3.8, 4) is 0 Å². The average molecular weight is 168 g/mol. The number of halogens is 3. The standard InChI is InChI=1S/C6H9F3NO/c1-4(2)5(11)10-3-6(7,8)9/h3H2,1-2H3,(H,10,11). The molecule has 0 bridgehead atoms. The van der Waals surface area contributed by atoms with E-state index in [9.17, 15) is 18.0 Å². The van der Waals surface area contributed by atoms with Crippen LogP contribution in [0.4, 0.5) is 13.2 Å². The fourth-order valence-corrected chi connectivity index (χ4v) is 0.357. The normalized spacial score (nSPS) is 11.8. The maximum absolute atomic E-state index is 11.5. The lowest BCUT2D eigenvalue weighted by Gasteiger charge is -2.09. The van der Waals surface area contributed by atoms with Crippen LogP contribution in [-0.2, 0) is 4.79 Å². The van der Waals surface area contributed by atoms with Crippen molar-refractivity contribution in [2.75, 3.05) is 6.54 Å². The predicted molar refractivity (Wildman–Crippen MR) is 33.7 cm³/mol. The topological polar surface area (TPSA) is 29.1 Å². The van der Waals surface area contributed by atoms with E-state index in [2.05, 4.69) is 0 Å². The Morgan fingerprint density at radius 1 is 1.36 bits per heavy atom. The van der Waals surface area contributed by atoms with Crippen molar-refractivity contribution in [1.29, 1.82) is 0 Å². The number of alkyl halides is 3. The van der Waals surface area contributed by atoms with E-state index in [1.54, 1.807) is 5.32 Å². The van der Waals surface area contributed by atoms with E-state index in [-0.39, 0.29) is 0 Å². The summed E-state index contributed by atoms with van der Waals surface area (Å²) in [5, 5.41) is 1.72. The van der Waals surface area contributed by atoms with E-state index in [0.29, 0.717) is 5.92 Å². The zero-order valence-corrected chi connectivity index (χ0v) is 6.25. The van der Waals surface area contributed by atoms with Crippen LogP contribution in [0.2, 0.25) is 0 Å². The molecule has 0 aromatic rings. The molecule has 0 heterocycles. The fourth-order valence-electron chi connectivity index (χ4n) is 0.357. The molecule has 0 aliphatic heterocycles. The number of rotatable bonds is 2. The molecular weight excluding hydrogens is 159 g/mol. The minimum Gasteiger partial charge on any atom is -0.346 e. The Morgan fingerprint density at radius 2 is 1.82 bits per heavy atom. The van der Waals surface area contributed by atoms with Gasteiger partial charge in [0, 0.05) is 0 Å². The van der Waals surface area contributed by atoms with Gasteiger partial charge in [-0.2, -0.15) is 13.2 Å². The molecule has 0 aromatic carbocycles. The summed E-state index contributed by atoms with van der Waals surface area (Å²) in [6.07, 6.45) is -4.33. The summed E-state index contributed by atoms with van der Waals surface area (Å²) in [6, 6.07) is 0. The Balaban J connectivity index is 3.64. The zero-order chi connectivity index (χ0) is 9.07. The van der Waals surface area contributed by atoms with E-state index in [4.69, 9.17) is 0 Å². The summed E-state index contributed by atoms with van der Waals surface area (Å²) in [7, 11) is 0. The summed E-state index contributed by atoms with van der Waals surface area (Å²) >= 11 is 0. The van der Waals surface area contributed by atoms with Gasteiger partial charge in [0.15, 0.2) is 0 Å². The first-order valence-electron chi connectivity index (χ1n) is 2.98. The highest BCUT2D eigenvalue weighted by molar-refractivity contribution is 5.88. The van der Waals surface area contributed by atoms with Gasteiger partial charge in [-0.05, 0) is 0 Å². The molecule has 0 saturated heterocycles. The average Bonchev–Trinajstić information content (AvgIpc) is 1.80. The van der Waals surface area contributed by atoms with Gasteiger partial charge in [0.2, 0.25) is 5.91 Å². The van der Waals surface area contributed by atoms with Crippen molar-refractivity contribution < 1.29 is 18.0 Å². The number of carbonyl (C=O) groups excluding carboxylic acids is 1. The summed E-state index contributed by atoms with van der Waals surface area (Å²) in [5.74, 6) is -0.350. The van der Waals surface area contributed by atoms with Gasteiger partial charge in [0.05, 0.1) is 5.92 Å². The molecule has 65 valence electrons. The van der Waals surface area contributed by atoms with Crippen molar-refractivity contribution in [3.63, 3.8) is 0 Å². The van der Waals surface area contributed by atoms with Gasteiger partial charge in [-0.15, -0.1) is 0 Å². The fraction of sp³-hybridized carbons (Fsp3) is 0.667. The second kappa shape index (κ2) is 3.59.